The van der Waals surface area contributed by atoms with Crippen molar-refractivity contribution in [1.82, 2.24) is 4.98 Å². The van der Waals surface area contributed by atoms with Crippen LogP contribution < -0.4 is 0 Å². The first-order chi connectivity index (χ1) is 9.74. The molecule has 0 aliphatic carbocycles. The monoisotopic (exact) mass is 266 g/mol. The predicted molar refractivity (Wildman–Crippen MR) is 81.8 cm³/mol. The maximum atomic E-state index is 11.7. The molecule has 0 radical (unpaired) electrons. The Balaban J connectivity index is 2.37. The average molecular weight is 266 g/mol. The topological polar surface area (TPSA) is 42.3 Å². The molecule has 0 fully saturated rings. The van der Waals surface area contributed by atoms with Gasteiger partial charge in [0.2, 0.25) is 0 Å². The molecular formula is C17H18N2O. The summed E-state index contributed by atoms with van der Waals surface area (Å²) in [4.78, 5) is 20.8. The highest BCUT2D eigenvalue weighted by Gasteiger charge is 2.08. The number of aliphatic imine (C=N–C) groups is 1. The zero-order valence-electron chi connectivity index (χ0n) is 11.8. The van der Waals surface area contributed by atoms with E-state index in [0.29, 0.717) is 12.1 Å². The third-order valence-electron chi connectivity index (χ3n) is 3.01. The van der Waals surface area contributed by atoms with Gasteiger partial charge in [-0.1, -0.05) is 38.1 Å². The number of hydrogen-bond donors (Lipinski definition) is 0. The van der Waals surface area contributed by atoms with Crippen LogP contribution in [0.15, 0.2) is 53.5 Å². The Morgan fingerprint density at radius 2 is 1.65 bits per heavy atom. The SMILES string of the molecule is CCC(=O)c1cccc(/C(CC)=N/c2ccccc2)n1. The number of carbonyl (C=O) groups excluding carboxylic acids is 1. The van der Waals surface area contributed by atoms with Crippen molar-refractivity contribution in [1.29, 1.82) is 0 Å². The first-order valence-electron chi connectivity index (χ1n) is 6.87. The van der Waals surface area contributed by atoms with E-state index in [0.717, 1.165) is 23.5 Å². The van der Waals surface area contributed by atoms with Crippen molar-refractivity contribution in [2.24, 2.45) is 4.99 Å². The molecule has 1 aromatic heterocycles. The first kappa shape index (κ1) is 14.1. The van der Waals surface area contributed by atoms with Crippen molar-refractivity contribution in [3.63, 3.8) is 0 Å². The molecule has 20 heavy (non-hydrogen) atoms. The lowest BCUT2D eigenvalue weighted by atomic mass is 10.1. The quantitative estimate of drug-likeness (QED) is 0.601. The van der Waals surface area contributed by atoms with E-state index in [9.17, 15) is 4.79 Å². The zero-order chi connectivity index (χ0) is 14.4. The molecule has 0 aliphatic heterocycles. The summed E-state index contributed by atoms with van der Waals surface area (Å²) < 4.78 is 0. The Bertz CT molecular complexity index is 618. The normalized spacial score (nSPS) is 11.4. The molecule has 0 atom stereocenters. The fourth-order valence-corrected chi connectivity index (χ4v) is 1.91. The smallest absolute Gasteiger partial charge is 0.180 e. The molecule has 2 aromatic rings. The highest BCUT2D eigenvalue weighted by atomic mass is 16.1. The van der Waals surface area contributed by atoms with Gasteiger partial charge in [-0.05, 0) is 30.7 Å². The van der Waals surface area contributed by atoms with Gasteiger partial charge < -0.3 is 0 Å². The molecule has 102 valence electrons. The van der Waals surface area contributed by atoms with Crippen molar-refractivity contribution in [3.05, 3.63) is 59.9 Å². The zero-order valence-corrected chi connectivity index (χ0v) is 11.8. The van der Waals surface area contributed by atoms with Crippen LogP contribution in [-0.4, -0.2) is 16.5 Å². The van der Waals surface area contributed by atoms with Crippen LogP contribution in [0.5, 0.6) is 0 Å². The number of benzene rings is 1. The van der Waals surface area contributed by atoms with Crippen LogP contribution in [0.4, 0.5) is 5.69 Å². The lowest BCUT2D eigenvalue weighted by Crippen LogP contribution is -2.07. The van der Waals surface area contributed by atoms with Crippen LogP contribution in [0.25, 0.3) is 0 Å². The van der Waals surface area contributed by atoms with Crippen molar-refractivity contribution in [2.45, 2.75) is 26.7 Å². The molecule has 0 saturated heterocycles. The fourth-order valence-electron chi connectivity index (χ4n) is 1.91. The van der Waals surface area contributed by atoms with E-state index in [1.165, 1.54) is 0 Å². The third-order valence-corrected chi connectivity index (χ3v) is 3.01. The molecule has 2 rings (SSSR count). The van der Waals surface area contributed by atoms with E-state index in [-0.39, 0.29) is 5.78 Å². The van der Waals surface area contributed by atoms with Crippen molar-refractivity contribution >= 4 is 17.2 Å². The molecular weight excluding hydrogens is 248 g/mol. The lowest BCUT2D eigenvalue weighted by Gasteiger charge is -2.05. The van der Waals surface area contributed by atoms with Gasteiger partial charge >= 0.3 is 0 Å². The Hall–Kier alpha value is -2.29. The summed E-state index contributed by atoms with van der Waals surface area (Å²) in [6.07, 6.45) is 1.24. The largest absolute Gasteiger partial charge is 0.292 e. The van der Waals surface area contributed by atoms with Gasteiger partial charge in [-0.25, -0.2) is 4.98 Å². The lowest BCUT2D eigenvalue weighted by molar-refractivity contribution is 0.0983. The van der Waals surface area contributed by atoms with E-state index in [4.69, 9.17) is 0 Å². The molecule has 1 heterocycles. The minimum absolute atomic E-state index is 0.0574. The molecule has 0 N–H and O–H groups in total. The van der Waals surface area contributed by atoms with Crippen LogP contribution in [-0.2, 0) is 0 Å². The van der Waals surface area contributed by atoms with Crippen LogP contribution in [0.2, 0.25) is 0 Å². The maximum absolute atomic E-state index is 11.7. The molecule has 0 saturated carbocycles. The number of Topliss-reactive ketones (excluding diaryl/α,β-unsaturated/α-hetero) is 1. The second-order valence-electron chi connectivity index (χ2n) is 4.43. The van der Waals surface area contributed by atoms with Crippen LogP contribution in [0.3, 0.4) is 0 Å². The van der Waals surface area contributed by atoms with Crippen molar-refractivity contribution < 1.29 is 4.79 Å². The predicted octanol–water partition coefficient (Wildman–Crippen LogP) is 4.21. The van der Waals surface area contributed by atoms with Gasteiger partial charge in [0, 0.05) is 6.42 Å². The Labute approximate surface area is 119 Å². The van der Waals surface area contributed by atoms with Gasteiger partial charge in [0.1, 0.15) is 5.69 Å². The Morgan fingerprint density at radius 3 is 2.30 bits per heavy atom. The molecule has 0 unspecified atom stereocenters. The number of carbonyl (C=O) groups is 1. The van der Waals surface area contributed by atoms with E-state index < -0.39 is 0 Å². The second-order valence-corrected chi connectivity index (χ2v) is 4.43. The van der Waals surface area contributed by atoms with Crippen LogP contribution in [0, 0.1) is 0 Å². The van der Waals surface area contributed by atoms with Gasteiger partial charge in [0.05, 0.1) is 17.1 Å². The van der Waals surface area contributed by atoms with Gasteiger partial charge in [-0.15, -0.1) is 0 Å². The van der Waals surface area contributed by atoms with Gasteiger partial charge in [0.25, 0.3) is 0 Å². The molecule has 0 amide bonds. The maximum Gasteiger partial charge on any atom is 0.180 e. The summed E-state index contributed by atoms with van der Waals surface area (Å²) in [6, 6.07) is 15.3. The number of rotatable bonds is 5. The van der Waals surface area contributed by atoms with Crippen LogP contribution >= 0.6 is 0 Å². The molecule has 0 aliphatic rings. The Morgan fingerprint density at radius 1 is 0.950 bits per heavy atom. The third kappa shape index (κ3) is 3.38. The molecule has 3 nitrogen and oxygen atoms in total. The molecule has 0 spiro atoms. The van der Waals surface area contributed by atoms with Gasteiger partial charge in [-0.2, -0.15) is 0 Å². The van der Waals surface area contributed by atoms with Gasteiger partial charge in [0.15, 0.2) is 5.78 Å². The summed E-state index contributed by atoms with van der Waals surface area (Å²) in [6.45, 7) is 3.88. The number of pyridine rings is 1. The van der Waals surface area contributed by atoms with Crippen LogP contribution in [0.1, 0.15) is 42.9 Å². The highest BCUT2D eigenvalue weighted by Crippen LogP contribution is 2.14. The summed E-state index contributed by atoms with van der Waals surface area (Å²) >= 11 is 0. The summed E-state index contributed by atoms with van der Waals surface area (Å²) in [7, 11) is 0. The molecule has 1 aromatic carbocycles. The number of aromatic nitrogens is 1. The van der Waals surface area contributed by atoms with Crippen molar-refractivity contribution in [3.8, 4) is 0 Å². The highest BCUT2D eigenvalue weighted by molar-refractivity contribution is 6.01. The van der Waals surface area contributed by atoms with E-state index in [1.807, 2.05) is 56.3 Å². The molecule has 0 bridgehead atoms. The number of nitrogens with zero attached hydrogens (tertiary/aromatic N) is 2. The van der Waals surface area contributed by atoms with Crippen molar-refractivity contribution in [2.75, 3.05) is 0 Å². The number of hydrogen-bond acceptors (Lipinski definition) is 3. The number of para-hydroxylation sites is 1. The summed E-state index contributed by atoms with van der Waals surface area (Å²) in [5.41, 5.74) is 3.08. The summed E-state index contributed by atoms with van der Waals surface area (Å²) in [5, 5.41) is 0. The van der Waals surface area contributed by atoms with E-state index in [1.54, 1.807) is 6.07 Å². The number of ketones is 1. The fraction of sp³-hybridized carbons (Fsp3) is 0.235. The average Bonchev–Trinajstić information content (AvgIpc) is 2.53. The Kier molecular flexibility index (Phi) is 4.77. The molecule has 3 heteroatoms. The first-order valence-corrected chi connectivity index (χ1v) is 6.87. The standard InChI is InChI=1S/C17H18N2O/c1-3-14(18-13-9-6-5-7-10-13)15-11-8-12-16(19-15)17(20)4-2/h5-12H,3-4H2,1-2H3/b18-14+. The second kappa shape index (κ2) is 6.75. The minimum atomic E-state index is 0.0574. The van der Waals surface area contributed by atoms with E-state index >= 15 is 0 Å². The van der Waals surface area contributed by atoms with Gasteiger partial charge in [-0.3, -0.25) is 9.79 Å². The summed E-state index contributed by atoms with van der Waals surface area (Å²) in [5.74, 6) is 0.0574. The van der Waals surface area contributed by atoms with E-state index in [2.05, 4.69) is 9.98 Å². The minimum Gasteiger partial charge on any atom is -0.292 e.